The van der Waals surface area contributed by atoms with Crippen LogP contribution in [0.4, 0.5) is 0 Å². The zero-order valence-electron chi connectivity index (χ0n) is 11.1. The molecule has 1 saturated carbocycles. The van der Waals surface area contributed by atoms with Gasteiger partial charge in [0.1, 0.15) is 0 Å². The topological polar surface area (TPSA) is 12.0 Å². The van der Waals surface area contributed by atoms with Crippen molar-refractivity contribution >= 4 is 23.2 Å². The van der Waals surface area contributed by atoms with Crippen molar-refractivity contribution in [3.63, 3.8) is 0 Å². The fraction of sp³-hybridized carbons (Fsp3) is 0.600. The highest BCUT2D eigenvalue weighted by molar-refractivity contribution is 6.42. The average molecular weight is 286 g/mol. The predicted octanol–water partition coefficient (Wildman–Crippen LogP) is 5.22. The molecule has 1 unspecified atom stereocenters. The number of nitrogens with one attached hydrogen (secondary N) is 1. The van der Waals surface area contributed by atoms with Gasteiger partial charge in [-0.2, -0.15) is 0 Å². The summed E-state index contributed by atoms with van der Waals surface area (Å²) in [6.07, 6.45) is 5.23. The molecule has 18 heavy (non-hydrogen) atoms. The third kappa shape index (κ3) is 2.84. The molecule has 1 aromatic carbocycles. The van der Waals surface area contributed by atoms with Crippen LogP contribution in [-0.4, -0.2) is 6.54 Å². The van der Waals surface area contributed by atoms with Crippen LogP contribution >= 0.6 is 23.2 Å². The van der Waals surface area contributed by atoms with E-state index >= 15 is 0 Å². The first-order valence-corrected chi connectivity index (χ1v) is 7.51. The molecule has 100 valence electrons. The van der Waals surface area contributed by atoms with Gasteiger partial charge in [0.25, 0.3) is 0 Å². The molecular weight excluding hydrogens is 265 g/mol. The second-order valence-electron chi connectivity index (χ2n) is 5.53. The Hall–Kier alpha value is -0.240. The molecular formula is C15H21Cl2N. The number of hydrogen-bond donors (Lipinski definition) is 1. The molecule has 1 N–H and O–H groups in total. The number of hydrogen-bond acceptors (Lipinski definition) is 1. The summed E-state index contributed by atoms with van der Waals surface area (Å²) in [4.78, 5) is 0. The van der Waals surface area contributed by atoms with Gasteiger partial charge >= 0.3 is 0 Å². The largest absolute Gasteiger partial charge is 0.310 e. The molecule has 3 heteroatoms. The monoisotopic (exact) mass is 285 g/mol. The van der Waals surface area contributed by atoms with E-state index in [-0.39, 0.29) is 0 Å². The molecule has 1 atom stereocenters. The molecule has 1 fully saturated rings. The second kappa shape index (κ2) is 5.81. The van der Waals surface area contributed by atoms with Gasteiger partial charge in [-0.05, 0) is 42.5 Å². The maximum atomic E-state index is 6.15. The van der Waals surface area contributed by atoms with Gasteiger partial charge in [0.2, 0.25) is 0 Å². The lowest BCUT2D eigenvalue weighted by Crippen LogP contribution is -2.34. The van der Waals surface area contributed by atoms with Crippen LogP contribution in [-0.2, 0) is 0 Å². The van der Waals surface area contributed by atoms with Gasteiger partial charge in [-0.1, -0.05) is 56.0 Å². The van der Waals surface area contributed by atoms with Crippen molar-refractivity contribution in [1.29, 1.82) is 0 Å². The van der Waals surface area contributed by atoms with E-state index in [1.807, 2.05) is 12.1 Å². The molecule has 1 aliphatic rings. The second-order valence-corrected chi connectivity index (χ2v) is 6.34. The normalized spacial score (nSPS) is 20.0. The van der Waals surface area contributed by atoms with E-state index in [1.165, 1.54) is 31.2 Å². The van der Waals surface area contributed by atoms with E-state index < -0.39 is 0 Å². The van der Waals surface area contributed by atoms with Gasteiger partial charge in [-0.25, -0.2) is 0 Å². The Morgan fingerprint density at radius 1 is 1.22 bits per heavy atom. The van der Waals surface area contributed by atoms with Gasteiger partial charge in [-0.3, -0.25) is 0 Å². The molecule has 1 aromatic rings. The summed E-state index contributed by atoms with van der Waals surface area (Å²) in [6, 6.07) is 6.40. The summed E-state index contributed by atoms with van der Waals surface area (Å²) in [5, 5.41) is 4.91. The van der Waals surface area contributed by atoms with E-state index in [0.717, 1.165) is 6.54 Å². The zero-order valence-corrected chi connectivity index (χ0v) is 12.6. The molecule has 2 rings (SSSR count). The van der Waals surface area contributed by atoms with Crippen LogP contribution in [0, 0.1) is 5.41 Å². The minimum atomic E-state index is 0.340. The molecule has 0 aromatic heterocycles. The lowest BCUT2D eigenvalue weighted by molar-refractivity contribution is 0.226. The van der Waals surface area contributed by atoms with E-state index in [2.05, 4.69) is 25.2 Å². The van der Waals surface area contributed by atoms with Crippen molar-refractivity contribution in [2.45, 2.75) is 45.6 Å². The van der Waals surface area contributed by atoms with Gasteiger partial charge in [-0.15, -0.1) is 0 Å². The van der Waals surface area contributed by atoms with Crippen LogP contribution in [0.5, 0.6) is 0 Å². The lowest BCUT2D eigenvalue weighted by atomic mass is 9.77. The van der Waals surface area contributed by atoms with Crippen molar-refractivity contribution in [3.8, 4) is 0 Å². The molecule has 0 heterocycles. The fourth-order valence-corrected chi connectivity index (χ4v) is 3.44. The van der Waals surface area contributed by atoms with Crippen LogP contribution in [0.15, 0.2) is 18.2 Å². The van der Waals surface area contributed by atoms with Crippen LogP contribution in [0.3, 0.4) is 0 Å². The number of benzene rings is 1. The predicted molar refractivity (Wildman–Crippen MR) is 79.5 cm³/mol. The highest BCUT2D eigenvalue weighted by Gasteiger charge is 2.37. The standard InChI is InChI=1S/C15H21Cl2N/c1-3-18-14(15(2)8-4-5-9-15)11-6-7-12(16)13(17)10-11/h6-7,10,14,18H,3-5,8-9H2,1-2H3. The Balaban J connectivity index is 2.31. The minimum absolute atomic E-state index is 0.340. The summed E-state index contributed by atoms with van der Waals surface area (Å²) >= 11 is 12.2. The smallest absolute Gasteiger partial charge is 0.0595 e. The summed E-state index contributed by atoms with van der Waals surface area (Å²) in [7, 11) is 0. The minimum Gasteiger partial charge on any atom is -0.310 e. The first kappa shape index (κ1) is 14.2. The SMILES string of the molecule is CCNC(c1ccc(Cl)c(Cl)c1)C1(C)CCCC1. The van der Waals surface area contributed by atoms with Gasteiger partial charge < -0.3 is 5.32 Å². The van der Waals surface area contributed by atoms with Crippen LogP contribution in [0.1, 0.15) is 51.1 Å². The fourth-order valence-electron chi connectivity index (χ4n) is 3.13. The first-order chi connectivity index (χ1) is 8.57. The summed E-state index contributed by atoms with van der Waals surface area (Å²) < 4.78 is 0. The van der Waals surface area contributed by atoms with Crippen molar-refractivity contribution in [2.75, 3.05) is 6.54 Å². The van der Waals surface area contributed by atoms with Crippen molar-refractivity contribution in [3.05, 3.63) is 33.8 Å². The maximum absolute atomic E-state index is 6.15. The Labute approximate surface area is 120 Å². The Kier molecular flexibility index (Phi) is 4.58. The van der Waals surface area contributed by atoms with E-state index in [4.69, 9.17) is 23.2 Å². The molecule has 0 amide bonds. The molecule has 1 nitrogen and oxygen atoms in total. The van der Waals surface area contributed by atoms with Crippen LogP contribution in [0.2, 0.25) is 10.0 Å². The third-order valence-corrected chi connectivity index (χ3v) is 4.87. The van der Waals surface area contributed by atoms with Crippen molar-refractivity contribution in [1.82, 2.24) is 5.32 Å². The number of halogens is 2. The Morgan fingerprint density at radius 3 is 2.44 bits per heavy atom. The van der Waals surface area contributed by atoms with Gasteiger partial charge in [0, 0.05) is 6.04 Å². The van der Waals surface area contributed by atoms with Crippen LogP contribution < -0.4 is 5.32 Å². The summed E-state index contributed by atoms with van der Waals surface area (Å²) in [6.45, 7) is 5.51. The Morgan fingerprint density at radius 2 is 1.89 bits per heavy atom. The lowest BCUT2D eigenvalue weighted by Gasteiger charge is -2.35. The first-order valence-electron chi connectivity index (χ1n) is 6.75. The van der Waals surface area contributed by atoms with Crippen molar-refractivity contribution in [2.24, 2.45) is 5.41 Å². The van der Waals surface area contributed by atoms with E-state index in [1.54, 1.807) is 0 Å². The highest BCUT2D eigenvalue weighted by Crippen LogP contribution is 2.47. The zero-order chi connectivity index (χ0) is 13.2. The van der Waals surface area contributed by atoms with Gasteiger partial charge in [0.15, 0.2) is 0 Å². The van der Waals surface area contributed by atoms with Crippen LogP contribution in [0.25, 0.3) is 0 Å². The molecule has 0 aliphatic heterocycles. The Bertz CT molecular complexity index is 411. The molecule has 1 aliphatic carbocycles. The molecule has 0 spiro atoms. The highest BCUT2D eigenvalue weighted by atomic mass is 35.5. The van der Waals surface area contributed by atoms with E-state index in [9.17, 15) is 0 Å². The van der Waals surface area contributed by atoms with E-state index in [0.29, 0.717) is 21.5 Å². The maximum Gasteiger partial charge on any atom is 0.0595 e. The molecule has 0 bridgehead atoms. The third-order valence-electron chi connectivity index (χ3n) is 4.13. The average Bonchev–Trinajstić information content (AvgIpc) is 2.78. The van der Waals surface area contributed by atoms with Crippen molar-refractivity contribution < 1.29 is 0 Å². The quantitative estimate of drug-likeness (QED) is 0.799. The number of rotatable bonds is 4. The molecule has 0 radical (unpaired) electrons. The summed E-state index contributed by atoms with van der Waals surface area (Å²) in [5.74, 6) is 0. The molecule has 0 saturated heterocycles. The van der Waals surface area contributed by atoms with Gasteiger partial charge in [0.05, 0.1) is 10.0 Å². The summed E-state index contributed by atoms with van der Waals surface area (Å²) in [5.41, 5.74) is 1.60.